The minimum Gasteiger partial charge on any atom is -0.496 e. The molecule has 0 N–H and O–H groups in total. The van der Waals surface area contributed by atoms with Crippen LogP contribution in [0.3, 0.4) is 0 Å². The Morgan fingerprint density at radius 3 is 2.69 bits per heavy atom. The third-order valence-corrected chi connectivity index (χ3v) is 2.58. The van der Waals surface area contributed by atoms with Crippen LogP contribution >= 0.6 is 15.9 Å². The Morgan fingerprint density at radius 1 is 1.50 bits per heavy atom. The summed E-state index contributed by atoms with van der Waals surface area (Å²) in [6.07, 6.45) is 0. The van der Waals surface area contributed by atoms with Crippen molar-refractivity contribution in [1.29, 1.82) is 0 Å². The van der Waals surface area contributed by atoms with Gasteiger partial charge in [-0.05, 0) is 19.1 Å². The number of halogens is 2. The molecule has 0 saturated heterocycles. The first-order valence-corrected chi connectivity index (χ1v) is 5.85. The van der Waals surface area contributed by atoms with E-state index in [0.29, 0.717) is 16.6 Å². The Bertz CT molecular complexity index is 393. The molecule has 16 heavy (non-hydrogen) atoms. The summed E-state index contributed by atoms with van der Waals surface area (Å²) in [5.41, 5.74) is 0.685. The molecule has 0 aliphatic carbocycles. The third-order valence-electron chi connectivity index (χ3n) is 1.97. The highest BCUT2D eigenvalue weighted by Crippen LogP contribution is 2.27. The molecule has 0 unspecified atom stereocenters. The normalized spacial score (nSPS) is 10.0. The van der Waals surface area contributed by atoms with Crippen LogP contribution in [0, 0.1) is 5.82 Å². The number of methoxy groups -OCH3 is 1. The lowest BCUT2D eigenvalue weighted by atomic mass is 10.1. The molecule has 0 aromatic heterocycles. The summed E-state index contributed by atoms with van der Waals surface area (Å²) in [4.78, 5) is 11.6. The fourth-order valence-electron chi connectivity index (χ4n) is 1.35. The van der Waals surface area contributed by atoms with Crippen LogP contribution in [0.15, 0.2) is 12.1 Å². The maximum absolute atomic E-state index is 13.2. The van der Waals surface area contributed by atoms with Crippen molar-refractivity contribution < 1.29 is 18.7 Å². The maximum atomic E-state index is 13.2. The molecule has 1 rings (SSSR count). The van der Waals surface area contributed by atoms with E-state index < -0.39 is 11.8 Å². The highest BCUT2D eigenvalue weighted by Gasteiger charge is 2.18. The summed E-state index contributed by atoms with van der Waals surface area (Å²) in [6, 6.07) is 2.43. The maximum Gasteiger partial charge on any atom is 0.342 e. The van der Waals surface area contributed by atoms with Gasteiger partial charge < -0.3 is 9.47 Å². The quantitative estimate of drug-likeness (QED) is 0.632. The van der Waals surface area contributed by atoms with E-state index in [1.807, 2.05) is 0 Å². The monoisotopic (exact) mass is 290 g/mol. The zero-order valence-corrected chi connectivity index (χ0v) is 10.6. The molecule has 0 spiro atoms. The smallest absolute Gasteiger partial charge is 0.342 e. The molecule has 0 aliphatic heterocycles. The van der Waals surface area contributed by atoms with Crippen molar-refractivity contribution >= 4 is 21.9 Å². The second kappa shape index (κ2) is 5.84. The predicted molar refractivity (Wildman–Crippen MR) is 61.5 cm³/mol. The lowest BCUT2D eigenvalue weighted by Gasteiger charge is -2.11. The molecule has 88 valence electrons. The van der Waals surface area contributed by atoms with Crippen LogP contribution in [0.5, 0.6) is 5.75 Å². The summed E-state index contributed by atoms with van der Waals surface area (Å²) in [5.74, 6) is -0.726. The van der Waals surface area contributed by atoms with Crippen LogP contribution in [0.4, 0.5) is 4.39 Å². The van der Waals surface area contributed by atoms with Gasteiger partial charge in [-0.15, -0.1) is 0 Å². The molecular weight excluding hydrogens is 279 g/mol. The molecule has 1 aromatic rings. The number of hydrogen-bond acceptors (Lipinski definition) is 3. The van der Waals surface area contributed by atoms with E-state index in [1.54, 1.807) is 6.92 Å². The van der Waals surface area contributed by atoms with Crippen molar-refractivity contribution in [3.63, 3.8) is 0 Å². The van der Waals surface area contributed by atoms with Gasteiger partial charge in [-0.25, -0.2) is 9.18 Å². The van der Waals surface area contributed by atoms with Crippen molar-refractivity contribution in [2.24, 2.45) is 0 Å². The standard InChI is InChI=1S/C11H12BrFO3/c1-3-16-11(14)9-5-8(13)4-7(6-12)10(9)15-2/h4-5H,3,6H2,1-2H3. The minimum absolute atomic E-state index is 0.110. The van der Waals surface area contributed by atoms with Crippen LogP contribution in [-0.2, 0) is 10.1 Å². The number of benzene rings is 1. The molecule has 0 aliphatic rings. The Hall–Kier alpha value is -1.10. The number of carbonyl (C=O) groups excluding carboxylic acids is 1. The Balaban J connectivity index is 3.24. The molecule has 0 atom stereocenters. The summed E-state index contributed by atoms with van der Waals surface area (Å²) in [5, 5.41) is 0.403. The van der Waals surface area contributed by atoms with E-state index in [-0.39, 0.29) is 12.2 Å². The molecule has 0 heterocycles. The van der Waals surface area contributed by atoms with E-state index in [2.05, 4.69) is 15.9 Å². The van der Waals surface area contributed by atoms with Gasteiger partial charge in [0.2, 0.25) is 0 Å². The number of rotatable bonds is 4. The van der Waals surface area contributed by atoms with Crippen molar-refractivity contribution in [3.05, 3.63) is 29.1 Å². The predicted octanol–water partition coefficient (Wildman–Crippen LogP) is 2.91. The highest BCUT2D eigenvalue weighted by molar-refractivity contribution is 9.08. The van der Waals surface area contributed by atoms with Gasteiger partial charge in [0.25, 0.3) is 0 Å². The zero-order chi connectivity index (χ0) is 12.1. The molecule has 0 radical (unpaired) electrons. The first-order valence-electron chi connectivity index (χ1n) is 4.73. The molecule has 0 bridgehead atoms. The van der Waals surface area contributed by atoms with Gasteiger partial charge >= 0.3 is 5.97 Å². The van der Waals surface area contributed by atoms with Crippen LogP contribution in [0.2, 0.25) is 0 Å². The topological polar surface area (TPSA) is 35.5 Å². The van der Waals surface area contributed by atoms with Crippen LogP contribution in [0.1, 0.15) is 22.8 Å². The second-order valence-corrected chi connectivity index (χ2v) is 3.56. The van der Waals surface area contributed by atoms with Crippen molar-refractivity contribution in [2.45, 2.75) is 12.3 Å². The number of hydrogen-bond donors (Lipinski definition) is 0. The van der Waals surface area contributed by atoms with Gasteiger partial charge in [-0.1, -0.05) is 15.9 Å². The lowest BCUT2D eigenvalue weighted by Crippen LogP contribution is -2.08. The third kappa shape index (κ3) is 2.72. The summed E-state index contributed by atoms with van der Waals surface area (Å²) < 4.78 is 23.2. The van der Waals surface area contributed by atoms with Crippen LogP contribution < -0.4 is 4.74 Å². The first kappa shape index (κ1) is 13.0. The van der Waals surface area contributed by atoms with Gasteiger partial charge in [0.05, 0.1) is 13.7 Å². The largest absolute Gasteiger partial charge is 0.496 e. The Labute approximate surface area is 102 Å². The number of ether oxygens (including phenoxy) is 2. The van der Waals surface area contributed by atoms with Gasteiger partial charge in [-0.2, -0.15) is 0 Å². The lowest BCUT2D eigenvalue weighted by molar-refractivity contribution is 0.0522. The average molecular weight is 291 g/mol. The molecular formula is C11H12BrFO3. The van der Waals surface area contributed by atoms with E-state index in [4.69, 9.17) is 9.47 Å². The molecule has 5 heteroatoms. The summed E-state index contributed by atoms with van der Waals surface area (Å²) in [6.45, 7) is 1.93. The number of esters is 1. The van der Waals surface area contributed by atoms with Gasteiger partial charge in [0, 0.05) is 10.9 Å². The van der Waals surface area contributed by atoms with Crippen molar-refractivity contribution in [2.75, 3.05) is 13.7 Å². The van der Waals surface area contributed by atoms with Gasteiger partial charge in [0.1, 0.15) is 17.1 Å². The first-order chi connectivity index (χ1) is 7.63. The van der Waals surface area contributed by atoms with E-state index in [0.717, 1.165) is 6.07 Å². The molecule has 3 nitrogen and oxygen atoms in total. The summed E-state index contributed by atoms with van der Waals surface area (Å²) >= 11 is 3.21. The van der Waals surface area contributed by atoms with Gasteiger partial charge in [0.15, 0.2) is 0 Å². The SMILES string of the molecule is CCOC(=O)c1cc(F)cc(CBr)c1OC. The fourth-order valence-corrected chi connectivity index (χ4v) is 1.77. The van der Waals surface area contributed by atoms with Gasteiger partial charge in [-0.3, -0.25) is 0 Å². The summed E-state index contributed by atoms with van der Waals surface area (Å²) in [7, 11) is 1.43. The van der Waals surface area contributed by atoms with Crippen molar-refractivity contribution in [3.8, 4) is 5.75 Å². The minimum atomic E-state index is -0.582. The fraction of sp³-hybridized carbons (Fsp3) is 0.364. The molecule has 0 fully saturated rings. The van der Waals surface area contributed by atoms with E-state index >= 15 is 0 Å². The number of alkyl halides is 1. The van der Waals surface area contributed by atoms with Crippen LogP contribution in [-0.4, -0.2) is 19.7 Å². The van der Waals surface area contributed by atoms with Crippen molar-refractivity contribution in [1.82, 2.24) is 0 Å². The van der Waals surface area contributed by atoms with E-state index in [1.165, 1.54) is 13.2 Å². The Morgan fingerprint density at radius 2 is 2.19 bits per heavy atom. The Kier molecular flexibility index (Phi) is 4.73. The highest BCUT2D eigenvalue weighted by atomic mass is 79.9. The number of carbonyl (C=O) groups is 1. The van der Waals surface area contributed by atoms with Crippen LogP contribution in [0.25, 0.3) is 0 Å². The second-order valence-electron chi connectivity index (χ2n) is 3.00. The van der Waals surface area contributed by atoms with E-state index in [9.17, 15) is 9.18 Å². The molecule has 1 aromatic carbocycles. The average Bonchev–Trinajstić information content (AvgIpc) is 2.28. The zero-order valence-electron chi connectivity index (χ0n) is 9.05. The molecule has 0 amide bonds. The molecule has 0 saturated carbocycles.